The number of aryl methyl sites for hydroxylation is 1. The summed E-state index contributed by atoms with van der Waals surface area (Å²) in [5.74, 6) is -0.435. The van der Waals surface area contributed by atoms with E-state index in [4.69, 9.17) is 10.5 Å². The molecule has 25 heavy (non-hydrogen) atoms. The number of amides is 2. The van der Waals surface area contributed by atoms with Gasteiger partial charge < -0.3 is 15.4 Å². The van der Waals surface area contributed by atoms with E-state index in [1.165, 1.54) is 0 Å². The predicted molar refractivity (Wildman–Crippen MR) is 89.9 cm³/mol. The molecule has 8 nitrogen and oxygen atoms in total. The summed E-state index contributed by atoms with van der Waals surface area (Å²) in [6.07, 6.45) is 5.46. The zero-order chi connectivity index (χ0) is 17.8. The van der Waals surface area contributed by atoms with Crippen molar-refractivity contribution in [1.82, 2.24) is 19.7 Å². The van der Waals surface area contributed by atoms with Crippen LogP contribution in [0.15, 0.2) is 30.7 Å². The molecule has 2 N–H and O–H groups in total. The van der Waals surface area contributed by atoms with Crippen LogP contribution in [0.4, 0.5) is 0 Å². The molecule has 0 saturated carbocycles. The number of nitrogens with two attached hydrogens (primary N) is 1. The smallest absolute Gasteiger partial charge is 0.257 e. The Labute approximate surface area is 145 Å². The van der Waals surface area contributed by atoms with Gasteiger partial charge in [-0.2, -0.15) is 5.10 Å². The highest BCUT2D eigenvalue weighted by atomic mass is 16.5. The first kappa shape index (κ1) is 17.1. The summed E-state index contributed by atoms with van der Waals surface area (Å²) < 4.78 is 7.25. The van der Waals surface area contributed by atoms with E-state index in [-0.39, 0.29) is 11.8 Å². The molecule has 0 spiro atoms. The molecule has 1 saturated heterocycles. The molecule has 8 heteroatoms. The second-order valence-corrected chi connectivity index (χ2v) is 6.20. The van der Waals surface area contributed by atoms with Gasteiger partial charge in [-0.3, -0.25) is 19.3 Å². The number of nitrogens with zero attached hydrogens (tertiary/aromatic N) is 4. The standard InChI is InChI=1S/C17H21N5O3/c1-21-10-14(8-20-21)17(24)22-4-5-25-11-12(9-22)6-15-7-13(16(18)23)2-3-19-15/h2-3,7-8,10,12H,4-6,9,11H2,1H3,(H2,18,23)/t12-/m1/s1. The Balaban J connectivity index is 1.70. The van der Waals surface area contributed by atoms with Crippen molar-refractivity contribution in [2.24, 2.45) is 18.7 Å². The van der Waals surface area contributed by atoms with Crippen LogP contribution >= 0.6 is 0 Å². The first-order valence-corrected chi connectivity index (χ1v) is 8.13. The minimum absolute atomic E-state index is 0.0533. The molecule has 0 aliphatic carbocycles. The van der Waals surface area contributed by atoms with Crippen LogP contribution in [0.25, 0.3) is 0 Å². The van der Waals surface area contributed by atoms with Crippen molar-refractivity contribution in [3.05, 3.63) is 47.5 Å². The van der Waals surface area contributed by atoms with Crippen molar-refractivity contribution in [3.8, 4) is 0 Å². The molecule has 0 radical (unpaired) electrons. The van der Waals surface area contributed by atoms with Gasteiger partial charge in [0.25, 0.3) is 5.91 Å². The van der Waals surface area contributed by atoms with Crippen molar-refractivity contribution in [2.45, 2.75) is 6.42 Å². The van der Waals surface area contributed by atoms with Gasteiger partial charge in [-0.25, -0.2) is 0 Å². The number of ether oxygens (including phenoxy) is 1. The predicted octanol–water partition coefficient (Wildman–Crippen LogP) is 0.245. The Morgan fingerprint density at radius 1 is 1.40 bits per heavy atom. The number of carbonyl (C=O) groups excluding carboxylic acids is 2. The number of aromatic nitrogens is 3. The average Bonchev–Trinajstić information content (AvgIpc) is 2.89. The number of hydrogen-bond acceptors (Lipinski definition) is 5. The molecule has 1 aliphatic rings. The molecule has 3 heterocycles. The molecular weight excluding hydrogens is 322 g/mol. The van der Waals surface area contributed by atoms with Crippen molar-refractivity contribution in [2.75, 3.05) is 26.3 Å². The molecule has 2 aromatic rings. The van der Waals surface area contributed by atoms with Gasteiger partial charge in [0.05, 0.1) is 25.0 Å². The fourth-order valence-electron chi connectivity index (χ4n) is 2.94. The van der Waals surface area contributed by atoms with Crippen molar-refractivity contribution >= 4 is 11.8 Å². The van der Waals surface area contributed by atoms with E-state index in [0.717, 1.165) is 5.69 Å². The van der Waals surface area contributed by atoms with E-state index < -0.39 is 5.91 Å². The molecule has 1 atom stereocenters. The second kappa shape index (κ2) is 7.43. The topological polar surface area (TPSA) is 103 Å². The fourth-order valence-corrected chi connectivity index (χ4v) is 2.94. The molecule has 0 aromatic carbocycles. The number of rotatable bonds is 4. The van der Waals surface area contributed by atoms with Gasteiger partial charge in [-0.1, -0.05) is 0 Å². The largest absolute Gasteiger partial charge is 0.379 e. The fraction of sp³-hybridized carbons (Fsp3) is 0.412. The summed E-state index contributed by atoms with van der Waals surface area (Å²) in [6, 6.07) is 3.29. The highest BCUT2D eigenvalue weighted by molar-refractivity contribution is 5.94. The Kier molecular flexibility index (Phi) is 5.08. The van der Waals surface area contributed by atoms with Gasteiger partial charge in [0.15, 0.2) is 0 Å². The quantitative estimate of drug-likeness (QED) is 0.857. The Morgan fingerprint density at radius 3 is 2.96 bits per heavy atom. The van der Waals surface area contributed by atoms with Crippen LogP contribution < -0.4 is 5.73 Å². The molecule has 3 rings (SSSR count). The maximum absolute atomic E-state index is 12.6. The lowest BCUT2D eigenvalue weighted by Gasteiger charge is -2.23. The number of carbonyl (C=O) groups is 2. The van der Waals surface area contributed by atoms with E-state index in [0.29, 0.717) is 43.9 Å². The summed E-state index contributed by atoms with van der Waals surface area (Å²) in [6.45, 7) is 2.14. The Hall–Kier alpha value is -2.74. The van der Waals surface area contributed by atoms with Gasteiger partial charge in [0.2, 0.25) is 5.91 Å². The van der Waals surface area contributed by atoms with E-state index in [2.05, 4.69) is 10.1 Å². The van der Waals surface area contributed by atoms with E-state index in [9.17, 15) is 9.59 Å². The zero-order valence-electron chi connectivity index (χ0n) is 14.1. The number of primary amides is 1. The summed E-state index contributed by atoms with van der Waals surface area (Å²) >= 11 is 0. The van der Waals surface area contributed by atoms with Crippen molar-refractivity contribution in [3.63, 3.8) is 0 Å². The summed E-state index contributed by atoms with van der Waals surface area (Å²) in [4.78, 5) is 30.0. The van der Waals surface area contributed by atoms with Crippen LogP contribution in [0.5, 0.6) is 0 Å². The second-order valence-electron chi connectivity index (χ2n) is 6.20. The first-order valence-electron chi connectivity index (χ1n) is 8.13. The van der Waals surface area contributed by atoms with Gasteiger partial charge >= 0.3 is 0 Å². The van der Waals surface area contributed by atoms with Gasteiger partial charge in [-0.05, 0) is 18.6 Å². The molecule has 1 fully saturated rings. The molecule has 2 amide bonds. The van der Waals surface area contributed by atoms with E-state index in [1.807, 2.05) is 0 Å². The lowest BCUT2D eigenvalue weighted by molar-refractivity contribution is 0.0737. The molecular formula is C17H21N5O3. The maximum atomic E-state index is 12.6. The normalized spacial score (nSPS) is 18.0. The van der Waals surface area contributed by atoms with E-state index in [1.54, 1.807) is 47.4 Å². The van der Waals surface area contributed by atoms with Crippen LogP contribution in [0, 0.1) is 5.92 Å². The number of hydrogen-bond donors (Lipinski definition) is 1. The molecule has 0 bridgehead atoms. The minimum atomic E-state index is -0.478. The monoisotopic (exact) mass is 343 g/mol. The van der Waals surface area contributed by atoms with Gasteiger partial charge in [-0.15, -0.1) is 0 Å². The third-order valence-corrected chi connectivity index (χ3v) is 4.18. The zero-order valence-corrected chi connectivity index (χ0v) is 14.1. The Morgan fingerprint density at radius 2 is 2.24 bits per heavy atom. The summed E-state index contributed by atoms with van der Waals surface area (Å²) in [5.41, 5.74) is 7.08. The van der Waals surface area contributed by atoms with Gasteiger partial charge in [0.1, 0.15) is 0 Å². The van der Waals surface area contributed by atoms with E-state index >= 15 is 0 Å². The molecule has 132 valence electrons. The maximum Gasteiger partial charge on any atom is 0.257 e. The first-order chi connectivity index (χ1) is 12.0. The molecule has 0 unspecified atom stereocenters. The number of pyridine rings is 1. The SMILES string of the molecule is Cn1cc(C(=O)N2CCOC[C@H](Cc3cc(C(N)=O)ccn3)C2)cn1. The highest BCUT2D eigenvalue weighted by Crippen LogP contribution is 2.15. The Bertz CT molecular complexity index is 773. The molecule has 1 aliphatic heterocycles. The lowest BCUT2D eigenvalue weighted by Crippen LogP contribution is -2.36. The van der Waals surface area contributed by atoms with Crippen molar-refractivity contribution in [1.29, 1.82) is 0 Å². The third kappa shape index (κ3) is 4.21. The highest BCUT2D eigenvalue weighted by Gasteiger charge is 2.24. The van der Waals surface area contributed by atoms with Crippen LogP contribution in [0.1, 0.15) is 26.4 Å². The summed E-state index contributed by atoms with van der Waals surface area (Å²) in [7, 11) is 1.78. The molecule has 2 aromatic heterocycles. The van der Waals surface area contributed by atoms with Crippen LogP contribution in [-0.4, -0.2) is 57.8 Å². The lowest BCUT2D eigenvalue weighted by atomic mass is 10.0. The third-order valence-electron chi connectivity index (χ3n) is 4.18. The van der Waals surface area contributed by atoms with Crippen LogP contribution in [0.2, 0.25) is 0 Å². The average molecular weight is 343 g/mol. The van der Waals surface area contributed by atoms with Crippen LogP contribution in [-0.2, 0) is 18.2 Å². The van der Waals surface area contributed by atoms with Gasteiger partial charge in [0, 0.05) is 49.7 Å². The summed E-state index contributed by atoms with van der Waals surface area (Å²) in [5, 5.41) is 4.05. The van der Waals surface area contributed by atoms with Crippen molar-refractivity contribution < 1.29 is 14.3 Å². The van der Waals surface area contributed by atoms with Crippen LogP contribution in [0.3, 0.4) is 0 Å². The minimum Gasteiger partial charge on any atom is -0.379 e.